The Bertz CT molecular complexity index is 371. The summed E-state index contributed by atoms with van der Waals surface area (Å²) in [5.41, 5.74) is 1.53. The van der Waals surface area contributed by atoms with Crippen LogP contribution in [0.1, 0.15) is 38.2 Å². The summed E-state index contributed by atoms with van der Waals surface area (Å²) in [5.74, 6) is 0. The number of methoxy groups -OCH3 is 1. The molecule has 106 valence electrons. The van der Waals surface area contributed by atoms with Crippen molar-refractivity contribution < 1.29 is 14.6 Å². The van der Waals surface area contributed by atoms with E-state index in [2.05, 4.69) is 19.1 Å². The zero-order valence-electron chi connectivity index (χ0n) is 11.8. The van der Waals surface area contributed by atoms with Gasteiger partial charge in [-0.25, -0.2) is 0 Å². The van der Waals surface area contributed by atoms with Gasteiger partial charge in [0, 0.05) is 7.11 Å². The van der Waals surface area contributed by atoms with Crippen LogP contribution in [-0.4, -0.2) is 24.6 Å². The minimum Gasteiger partial charge on any atom is -0.374 e. The lowest BCUT2D eigenvalue weighted by molar-refractivity contribution is -0.113. The van der Waals surface area contributed by atoms with Crippen LogP contribution in [0.5, 0.6) is 0 Å². The number of benzene rings is 1. The Morgan fingerprint density at radius 3 is 2.63 bits per heavy atom. The minimum absolute atomic E-state index is 0.306. The lowest BCUT2D eigenvalue weighted by Gasteiger charge is -2.45. The molecular weight excluding hydrogens is 240 g/mol. The monoisotopic (exact) mass is 264 g/mol. The van der Waals surface area contributed by atoms with Crippen LogP contribution in [0.3, 0.4) is 0 Å². The molecule has 0 spiro atoms. The molecule has 1 N–H and O–H groups in total. The topological polar surface area (TPSA) is 38.7 Å². The maximum Gasteiger partial charge on any atom is 0.154 e. The fourth-order valence-electron chi connectivity index (χ4n) is 2.74. The van der Waals surface area contributed by atoms with E-state index in [4.69, 9.17) is 9.47 Å². The second-order valence-electron chi connectivity index (χ2n) is 5.87. The molecule has 0 aromatic heterocycles. The standard InChI is InChI=1S/C16H24O3/c1-16(9-8-15(17)18-2)10-14(11-16)19-12-13-6-4-3-5-7-13/h3-7,14-15,17H,8-12H2,1-2H3/t14-,15-,16-/m0/s1. The van der Waals surface area contributed by atoms with E-state index in [0.29, 0.717) is 24.5 Å². The van der Waals surface area contributed by atoms with Crippen LogP contribution >= 0.6 is 0 Å². The van der Waals surface area contributed by atoms with Gasteiger partial charge in [-0.05, 0) is 36.7 Å². The lowest BCUT2D eigenvalue weighted by Crippen LogP contribution is -2.40. The van der Waals surface area contributed by atoms with Crippen molar-refractivity contribution in [2.45, 2.75) is 51.6 Å². The first kappa shape index (κ1) is 14.5. The third-order valence-corrected chi connectivity index (χ3v) is 4.04. The second kappa shape index (κ2) is 6.51. The van der Waals surface area contributed by atoms with Gasteiger partial charge < -0.3 is 14.6 Å². The predicted molar refractivity (Wildman–Crippen MR) is 74.6 cm³/mol. The van der Waals surface area contributed by atoms with E-state index in [1.165, 1.54) is 5.56 Å². The first-order valence-electron chi connectivity index (χ1n) is 6.98. The van der Waals surface area contributed by atoms with Crippen LogP contribution in [0.15, 0.2) is 30.3 Å². The van der Waals surface area contributed by atoms with E-state index in [0.717, 1.165) is 19.3 Å². The van der Waals surface area contributed by atoms with Gasteiger partial charge >= 0.3 is 0 Å². The molecule has 3 heteroatoms. The average Bonchev–Trinajstić information content (AvgIpc) is 2.41. The first-order chi connectivity index (χ1) is 9.11. The third-order valence-electron chi connectivity index (χ3n) is 4.04. The molecule has 19 heavy (non-hydrogen) atoms. The van der Waals surface area contributed by atoms with Gasteiger partial charge in [-0.15, -0.1) is 0 Å². The quantitative estimate of drug-likeness (QED) is 0.769. The van der Waals surface area contributed by atoms with Gasteiger partial charge in [-0.3, -0.25) is 0 Å². The Morgan fingerprint density at radius 2 is 2.00 bits per heavy atom. The fraction of sp³-hybridized carbons (Fsp3) is 0.625. The van der Waals surface area contributed by atoms with E-state index in [-0.39, 0.29) is 0 Å². The van der Waals surface area contributed by atoms with Gasteiger partial charge in [0.2, 0.25) is 0 Å². The minimum atomic E-state index is -0.624. The van der Waals surface area contributed by atoms with E-state index >= 15 is 0 Å². The molecular formula is C16H24O3. The highest BCUT2D eigenvalue weighted by atomic mass is 16.6. The molecule has 0 heterocycles. The van der Waals surface area contributed by atoms with Gasteiger partial charge in [0.1, 0.15) is 0 Å². The molecule has 3 nitrogen and oxygen atoms in total. The van der Waals surface area contributed by atoms with Gasteiger partial charge in [-0.1, -0.05) is 37.3 Å². The Balaban J connectivity index is 1.65. The van der Waals surface area contributed by atoms with Crippen molar-refractivity contribution in [2.75, 3.05) is 7.11 Å². The molecule has 0 unspecified atom stereocenters. The maximum absolute atomic E-state index is 9.41. The summed E-state index contributed by atoms with van der Waals surface area (Å²) in [6.07, 6.45) is 3.60. The first-order valence-corrected chi connectivity index (χ1v) is 6.98. The van der Waals surface area contributed by atoms with Crippen molar-refractivity contribution in [3.8, 4) is 0 Å². The molecule has 1 fully saturated rings. The van der Waals surface area contributed by atoms with Crippen molar-refractivity contribution in [3.63, 3.8) is 0 Å². The van der Waals surface area contributed by atoms with Crippen LogP contribution in [-0.2, 0) is 16.1 Å². The van der Waals surface area contributed by atoms with Crippen molar-refractivity contribution in [2.24, 2.45) is 5.41 Å². The van der Waals surface area contributed by atoms with Crippen molar-refractivity contribution in [1.82, 2.24) is 0 Å². The molecule has 1 aliphatic rings. The van der Waals surface area contributed by atoms with Crippen LogP contribution in [0.2, 0.25) is 0 Å². The average molecular weight is 264 g/mol. The second-order valence-corrected chi connectivity index (χ2v) is 5.87. The summed E-state index contributed by atoms with van der Waals surface area (Å²) in [7, 11) is 1.54. The fourth-order valence-corrected chi connectivity index (χ4v) is 2.74. The van der Waals surface area contributed by atoms with E-state index in [1.807, 2.05) is 18.2 Å². The molecule has 1 aromatic rings. The van der Waals surface area contributed by atoms with Gasteiger partial charge in [-0.2, -0.15) is 0 Å². The highest BCUT2D eigenvalue weighted by Crippen LogP contribution is 2.46. The Morgan fingerprint density at radius 1 is 1.32 bits per heavy atom. The smallest absolute Gasteiger partial charge is 0.154 e. The van der Waals surface area contributed by atoms with Crippen LogP contribution < -0.4 is 0 Å². The number of rotatable bonds is 7. The summed E-state index contributed by atoms with van der Waals surface area (Å²) in [4.78, 5) is 0. The van der Waals surface area contributed by atoms with Crippen molar-refractivity contribution >= 4 is 0 Å². The molecule has 1 aromatic carbocycles. The van der Waals surface area contributed by atoms with Gasteiger partial charge in [0.05, 0.1) is 12.7 Å². The zero-order valence-corrected chi connectivity index (χ0v) is 11.8. The molecule has 0 saturated heterocycles. The number of hydrogen-bond acceptors (Lipinski definition) is 3. The highest BCUT2D eigenvalue weighted by molar-refractivity contribution is 5.13. The molecule has 0 aliphatic heterocycles. The Labute approximate surface area is 115 Å². The summed E-state index contributed by atoms with van der Waals surface area (Å²) >= 11 is 0. The van der Waals surface area contributed by atoms with E-state index < -0.39 is 6.29 Å². The highest BCUT2D eigenvalue weighted by Gasteiger charge is 2.40. The number of aliphatic hydroxyl groups is 1. The lowest BCUT2D eigenvalue weighted by atomic mass is 9.65. The van der Waals surface area contributed by atoms with E-state index in [1.54, 1.807) is 7.11 Å². The van der Waals surface area contributed by atoms with E-state index in [9.17, 15) is 5.11 Å². The van der Waals surface area contributed by atoms with Crippen molar-refractivity contribution in [3.05, 3.63) is 35.9 Å². The largest absolute Gasteiger partial charge is 0.374 e. The molecule has 1 aliphatic carbocycles. The molecule has 2 rings (SSSR count). The number of aliphatic hydroxyl groups excluding tert-OH is 1. The number of ether oxygens (including phenoxy) is 2. The number of hydrogen-bond donors (Lipinski definition) is 1. The van der Waals surface area contributed by atoms with Gasteiger partial charge in [0.15, 0.2) is 6.29 Å². The maximum atomic E-state index is 9.41. The Kier molecular flexibility index (Phi) is 4.97. The van der Waals surface area contributed by atoms with Gasteiger partial charge in [0.25, 0.3) is 0 Å². The Hall–Kier alpha value is -0.900. The summed E-state index contributed by atoms with van der Waals surface area (Å²) in [5, 5.41) is 9.41. The van der Waals surface area contributed by atoms with Crippen LogP contribution in [0.4, 0.5) is 0 Å². The third kappa shape index (κ3) is 4.30. The molecule has 1 atom stereocenters. The molecule has 0 bridgehead atoms. The SMILES string of the molecule is CO[C@H](O)CC[C@]1(C)C[C@@H](OCc2ccccc2)C1. The summed E-state index contributed by atoms with van der Waals surface area (Å²) < 4.78 is 10.8. The molecule has 0 radical (unpaired) electrons. The van der Waals surface area contributed by atoms with Crippen LogP contribution in [0.25, 0.3) is 0 Å². The predicted octanol–water partition coefficient (Wildman–Crippen LogP) is 3.12. The normalized spacial score (nSPS) is 27.8. The molecule has 0 amide bonds. The molecule has 1 saturated carbocycles. The van der Waals surface area contributed by atoms with Crippen LogP contribution in [0, 0.1) is 5.41 Å². The zero-order chi connectivity index (χ0) is 13.7. The summed E-state index contributed by atoms with van der Waals surface area (Å²) in [6, 6.07) is 10.3. The summed E-state index contributed by atoms with van der Waals surface area (Å²) in [6.45, 7) is 2.96. The van der Waals surface area contributed by atoms with Crippen molar-refractivity contribution in [1.29, 1.82) is 0 Å².